The number of nitrogens with zero attached hydrogens (tertiary/aromatic N) is 2. The summed E-state index contributed by atoms with van der Waals surface area (Å²) in [5.41, 5.74) is 14.3. The van der Waals surface area contributed by atoms with Crippen LogP contribution in [0.25, 0.3) is 0 Å². The van der Waals surface area contributed by atoms with Gasteiger partial charge >= 0.3 is 0 Å². The first-order valence-corrected chi connectivity index (χ1v) is 7.05. The predicted molar refractivity (Wildman–Crippen MR) is 91.3 cm³/mol. The van der Waals surface area contributed by atoms with Crippen molar-refractivity contribution in [2.24, 2.45) is 0 Å². The molecule has 0 radical (unpaired) electrons. The number of halogens is 3. The van der Waals surface area contributed by atoms with Crippen LogP contribution in [-0.4, -0.2) is 9.97 Å². The molecule has 1 aromatic carbocycles. The van der Waals surface area contributed by atoms with E-state index >= 15 is 0 Å². The average Bonchev–Trinajstić information content (AvgIpc) is 2.34. The number of aryl methyl sites for hydroxylation is 2. The Morgan fingerprint density at radius 2 is 1.81 bits per heavy atom. The third-order valence-electron chi connectivity index (χ3n) is 3.15. The van der Waals surface area contributed by atoms with Crippen molar-refractivity contribution in [3.8, 4) is 0 Å². The van der Waals surface area contributed by atoms with E-state index in [-0.39, 0.29) is 18.4 Å². The minimum Gasteiger partial charge on any atom is -0.383 e. The Labute approximate surface area is 140 Å². The minimum atomic E-state index is 0. The molecule has 0 spiro atoms. The van der Waals surface area contributed by atoms with Gasteiger partial charge in [-0.05, 0) is 43.9 Å². The average molecular weight is 348 g/mol. The molecule has 2 rings (SSSR count). The summed E-state index contributed by atoms with van der Waals surface area (Å²) in [6.07, 6.45) is 2.54. The largest absolute Gasteiger partial charge is 0.383 e. The standard InChI is InChI=1S/C14H16Cl2N4.ClH/c1-8-11(13(17)20-14(18)19-8)4-2-3-9-5-6-10(15)7-12(9)16;/h5-7H,2-4H2,1H3,(H4,17,18,19,20);1H. The number of hydrogen-bond donors (Lipinski definition) is 2. The Morgan fingerprint density at radius 1 is 1.10 bits per heavy atom. The fourth-order valence-corrected chi connectivity index (χ4v) is 2.63. The monoisotopic (exact) mass is 346 g/mol. The zero-order valence-corrected chi connectivity index (χ0v) is 13.9. The molecule has 0 bridgehead atoms. The zero-order valence-electron chi connectivity index (χ0n) is 11.6. The first-order chi connectivity index (χ1) is 9.47. The van der Waals surface area contributed by atoms with Gasteiger partial charge in [-0.1, -0.05) is 29.3 Å². The van der Waals surface area contributed by atoms with E-state index in [4.69, 9.17) is 34.7 Å². The third-order valence-corrected chi connectivity index (χ3v) is 3.74. The smallest absolute Gasteiger partial charge is 0.222 e. The highest BCUT2D eigenvalue weighted by Crippen LogP contribution is 2.23. The molecule has 0 unspecified atom stereocenters. The normalized spacial score (nSPS) is 10.2. The Morgan fingerprint density at radius 3 is 2.43 bits per heavy atom. The highest BCUT2D eigenvalue weighted by Gasteiger charge is 2.08. The summed E-state index contributed by atoms with van der Waals surface area (Å²) in [7, 11) is 0. The van der Waals surface area contributed by atoms with Crippen molar-refractivity contribution in [3.05, 3.63) is 45.1 Å². The van der Waals surface area contributed by atoms with Crippen molar-refractivity contribution in [1.82, 2.24) is 9.97 Å². The quantitative estimate of drug-likeness (QED) is 0.880. The highest BCUT2D eigenvalue weighted by molar-refractivity contribution is 6.35. The lowest BCUT2D eigenvalue weighted by Gasteiger charge is -2.09. The van der Waals surface area contributed by atoms with Crippen LogP contribution in [0.1, 0.15) is 23.2 Å². The number of nitrogens with two attached hydrogens (primary N) is 2. The molecule has 2 aromatic rings. The number of hydrogen-bond acceptors (Lipinski definition) is 4. The lowest BCUT2D eigenvalue weighted by atomic mass is 10.0. The molecular weight excluding hydrogens is 331 g/mol. The number of aromatic nitrogens is 2. The topological polar surface area (TPSA) is 77.8 Å². The Bertz CT molecular complexity index is 609. The Kier molecular flexibility index (Phi) is 6.52. The van der Waals surface area contributed by atoms with Gasteiger partial charge in [-0.3, -0.25) is 0 Å². The second-order valence-corrected chi connectivity index (χ2v) is 5.46. The van der Waals surface area contributed by atoms with Crippen LogP contribution in [-0.2, 0) is 12.8 Å². The summed E-state index contributed by atoms with van der Waals surface area (Å²) in [5.74, 6) is 0.668. The molecule has 1 heterocycles. The lowest BCUT2D eigenvalue weighted by Crippen LogP contribution is -2.07. The van der Waals surface area contributed by atoms with Gasteiger partial charge in [-0.2, -0.15) is 4.98 Å². The third kappa shape index (κ3) is 4.63. The van der Waals surface area contributed by atoms with E-state index in [0.29, 0.717) is 15.9 Å². The SMILES string of the molecule is Cc1nc(N)nc(N)c1CCCc1ccc(Cl)cc1Cl.Cl. The van der Waals surface area contributed by atoms with E-state index < -0.39 is 0 Å². The van der Waals surface area contributed by atoms with E-state index in [9.17, 15) is 0 Å². The van der Waals surface area contributed by atoms with Crippen LogP contribution in [0.2, 0.25) is 10.0 Å². The molecule has 0 amide bonds. The van der Waals surface area contributed by atoms with Gasteiger partial charge in [0.25, 0.3) is 0 Å². The van der Waals surface area contributed by atoms with Gasteiger partial charge in [0.05, 0.1) is 0 Å². The Balaban J connectivity index is 0.00000220. The first kappa shape index (κ1) is 17.8. The molecule has 114 valence electrons. The number of anilines is 2. The first-order valence-electron chi connectivity index (χ1n) is 6.29. The summed E-state index contributed by atoms with van der Waals surface area (Å²) in [5, 5.41) is 1.33. The Hall–Kier alpha value is -1.23. The highest BCUT2D eigenvalue weighted by atomic mass is 35.5. The van der Waals surface area contributed by atoms with Crippen molar-refractivity contribution in [1.29, 1.82) is 0 Å². The minimum absolute atomic E-state index is 0. The van der Waals surface area contributed by atoms with Gasteiger partial charge in [0.1, 0.15) is 5.82 Å². The van der Waals surface area contributed by atoms with Crippen LogP contribution in [0.5, 0.6) is 0 Å². The second-order valence-electron chi connectivity index (χ2n) is 4.62. The van der Waals surface area contributed by atoms with Crippen LogP contribution in [0.3, 0.4) is 0 Å². The molecule has 0 aliphatic rings. The van der Waals surface area contributed by atoms with Crippen molar-refractivity contribution in [2.75, 3.05) is 11.5 Å². The van der Waals surface area contributed by atoms with Crippen molar-refractivity contribution in [3.63, 3.8) is 0 Å². The summed E-state index contributed by atoms with van der Waals surface area (Å²) in [4.78, 5) is 8.12. The van der Waals surface area contributed by atoms with E-state index in [1.807, 2.05) is 19.1 Å². The van der Waals surface area contributed by atoms with Gasteiger partial charge in [-0.15, -0.1) is 12.4 Å². The molecule has 0 atom stereocenters. The second kappa shape index (κ2) is 7.69. The van der Waals surface area contributed by atoms with Gasteiger partial charge in [-0.25, -0.2) is 4.98 Å². The maximum absolute atomic E-state index is 6.14. The van der Waals surface area contributed by atoms with E-state index in [1.54, 1.807) is 6.07 Å². The molecule has 4 nitrogen and oxygen atoms in total. The zero-order chi connectivity index (χ0) is 14.7. The molecule has 0 aliphatic heterocycles. The lowest BCUT2D eigenvalue weighted by molar-refractivity contribution is 0.807. The number of rotatable bonds is 4. The summed E-state index contributed by atoms with van der Waals surface area (Å²) >= 11 is 12.0. The van der Waals surface area contributed by atoms with Crippen LogP contribution in [0.15, 0.2) is 18.2 Å². The van der Waals surface area contributed by atoms with Gasteiger partial charge in [0, 0.05) is 21.3 Å². The summed E-state index contributed by atoms with van der Waals surface area (Å²) in [6.45, 7) is 1.89. The fraction of sp³-hybridized carbons (Fsp3) is 0.286. The van der Waals surface area contributed by atoms with Crippen LogP contribution in [0, 0.1) is 6.92 Å². The summed E-state index contributed by atoms with van der Waals surface area (Å²) < 4.78 is 0. The van der Waals surface area contributed by atoms with Crippen LogP contribution >= 0.6 is 35.6 Å². The molecule has 7 heteroatoms. The predicted octanol–water partition coefficient (Wildman–Crippen LogP) is 3.85. The van der Waals surface area contributed by atoms with Crippen molar-refractivity contribution >= 4 is 47.4 Å². The van der Waals surface area contributed by atoms with Crippen LogP contribution < -0.4 is 11.5 Å². The van der Waals surface area contributed by atoms with Gasteiger partial charge in [0.15, 0.2) is 0 Å². The number of benzene rings is 1. The van der Waals surface area contributed by atoms with Gasteiger partial charge < -0.3 is 11.5 Å². The molecule has 0 saturated heterocycles. The fourth-order valence-electron chi connectivity index (χ4n) is 2.13. The van der Waals surface area contributed by atoms with E-state index in [2.05, 4.69) is 9.97 Å². The molecule has 1 aromatic heterocycles. The molecule has 21 heavy (non-hydrogen) atoms. The molecule has 0 saturated carbocycles. The van der Waals surface area contributed by atoms with Crippen molar-refractivity contribution < 1.29 is 0 Å². The van der Waals surface area contributed by atoms with Gasteiger partial charge in [0.2, 0.25) is 5.95 Å². The molecule has 0 fully saturated rings. The molecule has 4 N–H and O–H groups in total. The van der Waals surface area contributed by atoms with E-state index in [0.717, 1.165) is 36.1 Å². The van der Waals surface area contributed by atoms with E-state index in [1.165, 1.54) is 0 Å². The molecular formula is C14H17Cl3N4. The van der Waals surface area contributed by atoms with Crippen molar-refractivity contribution in [2.45, 2.75) is 26.2 Å². The maximum atomic E-state index is 6.14. The van der Waals surface area contributed by atoms with Crippen LogP contribution in [0.4, 0.5) is 11.8 Å². The maximum Gasteiger partial charge on any atom is 0.222 e. The number of nitrogen functional groups attached to an aromatic ring is 2. The summed E-state index contributed by atoms with van der Waals surface area (Å²) in [6, 6.07) is 5.54. The molecule has 0 aliphatic carbocycles.